The number of anilines is 1. The number of nitrogens with zero attached hydrogens (tertiary/aromatic N) is 1. The number of rotatable bonds is 10. The molecule has 4 rings (SSSR count). The van der Waals surface area contributed by atoms with Crippen LogP contribution < -0.4 is 26.8 Å². The summed E-state index contributed by atoms with van der Waals surface area (Å²) < 4.78 is 58.4. The van der Waals surface area contributed by atoms with E-state index in [1.807, 2.05) is 0 Å². The second-order valence-electron chi connectivity index (χ2n) is 9.51. The number of hydrogen-bond acceptors (Lipinski definition) is 8. The molecule has 0 aliphatic carbocycles. The van der Waals surface area contributed by atoms with E-state index in [9.17, 15) is 22.8 Å². The average Bonchev–Trinajstić information content (AvgIpc) is 2.94. The van der Waals surface area contributed by atoms with Gasteiger partial charge >= 0.3 is 6.09 Å². The van der Waals surface area contributed by atoms with E-state index < -0.39 is 47.5 Å². The Morgan fingerprint density at radius 3 is 2.22 bits per heavy atom. The Kier molecular flexibility index (Phi) is 9.76. The van der Waals surface area contributed by atoms with Gasteiger partial charge < -0.3 is 36.3 Å². The standard InChI is InChI=1S/C28H30F3N5O5/c1-15-23(14-40-28(33)38)35-10-20(41-15)13-39-26-21(31)11-34-12-22(26)36-27(37)25(32)24(16-2-6-18(29)7-3-16)17-4-8-19(30)9-5-17/h2-9,11-12,15,20,23-25,35H,10,13-14,32H2,1H3,(H2,33,38)(H,36,37)/t15-,20+,23-,25?/m1/s1. The van der Waals surface area contributed by atoms with Crippen molar-refractivity contribution in [2.45, 2.75) is 37.1 Å². The highest BCUT2D eigenvalue weighted by Crippen LogP contribution is 2.31. The summed E-state index contributed by atoms with van der Waals surface area (Å²) in [5, 5.41) is 5.73. The smallest absolute Gasteiger partial charge is 0.404 e. The van der Waals surface area contributed by atoms with Gasteiger partial charge in [-0.05, 0) is 42.3 Å². The maximum Gasteiger partial charge on any atom is 0.404 e. The lowest BCUT2D eigenvalue weighted by Crippen LogP contribution is -2.55. The first kappa shape index (κ1) is 29.8. The molecule has 1 aliphatic heterocycles. The first-order valence-electron chi connectivity index (χ1n) is 12.8. The summed E-state index contributed by atoms with van der Waals surface area (Å²) in [6, 6.07) is 9.33. The van der Waals surface area contributed by atoms with Gasteiger partial charge in [0.15, 0.2) is 11.6 Å². The summed E-state index contributed by atoms with van der Waals surface area (Å²) in [7, 11) is 0. The maximum atomic E-state index is 14.8. The zero-order valence-electron chi connectivity index (χ0n) is 22.1. The van der Waals surface area contributed by atoms with Gasteiger partial charge in [-0.1, -0.05) is 24.3 Å². The number of morpholine rings is 1. The van der Waals surface area contributed by atoms with Crippen LogP contribution in [0.3, 0.4) is 0 Å². The zero-order valence-corrected chi connectivity index (χ0v) is 22.1. The van der Waals surface area contributed by atoms with Crippen molar-refractivity contribution in [1.82, 2.24) is 10.3 Å². The van der Waals surface area contributed by atoms with E-state index >= 15 is 0 Å². The first-order chi connectivity index (χ1) is 19.6. The molecular formula is C28H30F3N5O5. The molecule has 1 unspecified atom stereocenters. The number of primary amides is 1. The van der Waals surface area contributed by atoms with Crippen LogP contribution in [0.1, 0.15) is 24.0 Å². The second-order valence-corrected chi connectivity index (χ2v) is 9.51. The molecule has 2 aromatic carbocycles. The summed E-state index contributed by atoms with van der Waals surface area (Å²) in [4.78, 5) is 28.0. The van der Waals surface area contributed by atoms with Gasteiger partial charge in [-0.2, -0.15) is 0 Å². The molecule has 0 saturated carbocycles. The van der Waals surface area contributed by atoms with Gasteiger partial charge in [-0.25, -0.2) is 18.0 Å². The van der Waals surface area contributed by atoms with E-state index in [0.717, 1.165) is 6.20 Å². The summed E-state index contributed by atoms with van der Waals surface area (Å²) in [6.45, 7) is 2.03. The van der Waals surface area contributed by atoms with Crippen molar-refractivity contribution in [1.29, 1.82) is 0 Å². The summed E-state index contributed by atoms with van der Waals surface area (Å²) in [6.07, 6.45) is 0.396. The second kappa shape index (κ2) is 13.4. The van der Waals surface area contributed by atoms with Crippen molar-refractivity contribution < 1.29 is 37.0 Å². The Labute approximate surface area is 234 Å². The van der Waals surface area contributed by atoms with Gasteiger partial charge in [-0.3, -0.25) is 9.78 Å². The maximum absolute atomic E-state index is 14.8. The number of amides is 2. The number of hydrogen-bond donors (Lipinski definition) is 4. The number of nitrogens with two attached hydrogens (primary N) is 2. The Balaban J connectivity index is 1.46. The number of carbonyl (C=O) groups is 2. The molecule has 2 amide bonds. The average molecular weight is 574 g/mol. The molecule has 13 heteroatoms. The molecule has 3 aromatic rings. The molecular weight excluding hydrogens is 543 g/mol. The minimum absolute atomic E-state index is 0.0241. The number of nitrogens with one attached hydrogen (secondary N) is 2. The third-order valence-corrected chi connectivity index (χ3v) is 6.63. The summed E-state index contributed by atoms with van der Waals surface area (Å²) >= 11 is 0. The molecule has 1 saturated heterocycles. The van der Waals surface area contributed by atoms with Gasteiger partial charge in [0.2, 0.25) is 5.91 Å². The van der Waals surface area contributed by atoms with Crippen LogP contribution >= 0.6 is 0 Å². The van der Waals surface area contributed by atoms with Gasteiger partial charge in [0, 0.05) is 12.5 Å². The van der Waals surface area contributed by atoms with Crippen LogP contribution in [0.5, 0.6) is 5.75 Å². The van der Waals surface area contributed by atoms with E-state index in [0.29, 0.717) is 17.7 Å². The molecule has 6 N–H and O–H groups in total. The largest absolute Gasteiger partial charge is 0.485 e. The number of ether oxygens (including phenoxy) is 3. The summed E-state index contributed by atoms with van der Waals surface area (Å²) in [5.74, 6) is -3.53. The monoisotopic (exact) mass is 573 g/mol. The van der Waals surface area contributed by atoms with Crippen LogP contribution in [-0.4, -0.2) is 61.0 Å². The number of pyridine rings is 1. The molecule has 1 aromatic heterocycles. The fraction of sp³-hybridized carbons (Fsp3) is 0.321. The Bertz CT molecular complexity index is 1300. The first-order valence-corrected chi connectivity index (χ1v) is 12.8. The molecule has 4 atom stereocenters. The summed E-state index contributed by atoms with van der Waals surface area (Å²) in [5.41, 5.74) is 12.4. The predicted octanol–water partition coefficient (Wildman–Crippen LogP) is 2.82. The third kappa shape index (κ3) is 7.72. The predicted molar refractivity (Wildman–Crippen MR) is 143 cm³/mol. The molecule has 0 bridgehead atoms. The van der Waals surface area contributed by atoms with Crippen molar-refractivity contribution in [2.75, 3.05) is 25.1 Å². The Morgan fingerprint density at radius 2 is 1.66 bits per heavy atom. The molecule has 1 fully saturated rings. The fourth-order valence-corrected chi connectivity index (χ4v) is 4.51. The molecule has 2 heterocycles. The molecule has 0 radical (unpaired) electrons. The van der Waals surface area contributed by atoms with Crippen LogP contribution in [0.15, 0.2) is 60.9 Å². The van der Waals surface area contributed by atoms with E-state index in [4.69, 9.17) is 25.7 Å². The molecule has 41 heavy (non-hydrogen) atoms. The zero-order chi connectivity index (χ0) is 29.5. The Hall–Kier alpha value is -4.20. The van der Waals surface area contributed by atoms with Crippen molar-refractivity contribution >= 4 is 17.7 Å². The van der Waals surface area contributed by atoms with Crippen LogP contribution in [0, 0.1) is 17.5 Å². The molecule has 0 spiro atoms. The van der Waals surface area contributed by atoms with E-state index in [1.54, 1.807) is 6.92 Å². The quantitative estimate of drug-likeness (QED) is 0.289. The third-order valence-electron chi connectivity index (χ3n) is 6.63. The highest BCUT2D eigenvalue weighted by molar-refractivity contribution is 5.96. The molecule has 10 nitrogen and oxygen atoms in total. The SMILES string of the molecule is C[C@H]1O[C@H](COc2c(F)cncc2NC(=O)C(N)C(c2ccc(F)cc2)c2ccc(F)cc2)CN[C@@H]1COC(N)=O. The van der Waals surface area contributed by atoms with E-state index in [1.165, 1.54) is 54.7 Å². The van der Waals surface area contributed by atoms with Gasteiger partial charge in [0.25, 0.3) is 0 Å². The van der Waals surface area contributed by atoms with Crippen molar-refractivity contribution in [2.24, 2.45) is 11.5 Å². The highest BCUT2D eigenvalue weighted by Gasteiger charge is 2.31. The van der Waals surface area contributed by atoms with Crippen molar-refractivity contribution in [3.8, 4) is 5.75 Å². The lowest BCUT2D eigenvalue weighted by molar-refractivity contribution is -0.117. The van der Waals surface area contributed by atoms with Crippen molar-refractivity contribution in [3.63, 3.8) is 0 Å². The van der Waals surface area contributed by atoms with Gasteiger partial charge in [-0.15, -0.1) is 0 Å². The minimum atomic E-state index is -1.24. The topological polar surface area (TPSA) is 151 Å². The molecule has 1 aliphatic rings. The van der Waals surface area contributed by atoms with Gasteiger partial charge in [0.05, 0.1) is 30.6 Å². The van der Waals surface area contributed by atoms with Crippen molar-refractivity contribution in [3.05, 3.63) is 89.5 Å². The Morgan fingerprint density at radius 1 is 1.05 bits per heavy atom. The minimum Gasteiger partial charge on any atom is -0.485 e. The fourth-order valence-electron chi connectivity index (χ4n) is 4.51. The number of benzene rings is 2. The normalized spacial score (nSPS) is 19.4. The number of aromatic nitrogens is 1. The van der Waals surface area contributed by atoms with Crippen LogP contribution in [0.4, 0.5) is 23.7 Å². The van der Waals surface area contributed by atoms with Gasteiger partial charge in [0.1, 0.15) is 36.6 Å². The highest BCUT2D eigenvalue weighted by atomic mass is 19.1. The number of halogens is 3. The van der Waals surface area contributed by atoms with Crippen LogP contribution in [0.25, 0.3) is 0 Å². The lowest BCUT2D eigenvalue weighted by atomic mass is 9.85. The van der Waals surface area contributed by atoms with Crippen LogP contribution in [0.2, 0.25) is 0 Å². The van der Waals surface area contributed by atoms with E-state index in [-0.39, 0.29) is 36.8 Å². The van der Waals surface area contributed by atoms with E-state index in [2.05, 4.69) is 15.6 Å². The molecule has 218 valence electrons. The van der Waals surface area contributed by atoms with Crippen LogP contribution in [-0.2, 0) is 14.3 Å². The lowest BCUT2D eigenvalue weighted by Gasteiger charge is -2.35. The number of carbonyl (C=O) groups excluding carboxylic acids is 2.